The fraction of sp³-hybridized carbons (Fsp3) is 0.429. The largest absolute Gasteiger partial charge is 0.496 e. The van der Waals surface area contributed by atoms with Gasteiger partial charge in [0.2, 0.25) is 0 Å². The van der Waals surface area contributed by atoms with Crippen molar-refractivity contribution in [3.63, 3.8) is 0 Å². The van der Waals surface area contributed by atoms with Gasteiger partial charge in [-0.25, -0.2) is 4.39 Å². The summed E-state index contributed by atoms with van der Waals surface area (Å²) in [6.07, 6.45) is -5.75. The number of carbonyl (C=O) groups is 2. The van der Waals surface area contributed by atoms with E-state index in [1.807, 2.05) is 0 Å². The molecular formula is C14H13F4NO4. The highest BCUT2D eigenvalue weighted by Crippen LogP contribution is 2.46. The van der Waals surface area contributed by atoms with Gasteiger partial charge < -0.3 is 14.7 Å². The first-order valence-corrected chi connectivity index (χ1v) is 6.55. The number of nitrogens with zero attached hydrogens (tertiary/aromatic N) is 1. The van der Waals surface area contributed by atoms with Crippen LogP contribution in [0.15, 0.2) is 18.2 Å². The zero-order valence-corrected chi connectivity index (χ0v) is 12.0. The van der Waals surface area contributed by atoms with Crippen molar-refractivity contribution in [2.75, 3.05) is 20.2 Å². The number of carbonyl (C=O) groups excluding carboxylic acids is 1. The molecule has 9 heteroatoms. The lowest BCUT2D eigenvalue weighted by Crippen LogP contribution is -2.47. The standard InChI is InChI=1S/C14H13F4NO4/c1-23-10-3-2-8(15)6-9(10)11(20)19-5-4-13(7-19,12(21)22)14(16,17)18/h2-3,6H,4-5,7H2,1H3,(H,21,22). The Labute approximate surface area is 128 Å². The molecule has 1 aromatic rings. The molecular weight excluding hydrogens is 322 g/mol. The molecule has 1 amide bonds. The zero-order chi connectivity index (χ0) is 17.4. The third-order valence-corrected chi connectivity index (χ3v) is 3.90. The second-order valence-corrected chi connectivity index (χ2v) is 5.21. The number of rotatable bonds is 3. The van der Waals surface area contributed by atoms with E-state index in [4.69, 9.17) is 9.84 Å². The molecule has 1 atom stereocenters. The first-order valence-electron chi connectivity index (χ1n) is 6.55. The molecule has 23 heavy (non-hydrogen) atoms. The number of alkyl halides is 3. The molecule has 2 rings (SSSR count). The lowest BCUT2D eigenvalue weighted by atomic mass is 9.86. The van der Waals surface area contributed by atoms with Gasteiger partial charge in [0.05, 0.1) is 12.7 Å². The van der Waals surface area contributed by atoms with Gasteiger partial charge in [-0.05, 0) is 24.6 Å². The Kier molecular flexibility index (Phi) is 4.23. The highest BCUT2D eigenvalue weighted by Gasteiger charge is 2.64. The number of benzene rings is 1. The summed E-state index contributed by atoms with van der Waals surface area (Å²) in [6, 6.07) is 3.05. The molecule has 0 radical (unpaired) electrons. The summed E-state index contributed by atoms with van der Waals surface area (Å²) < 4.78 is 57.5. The van der Waals surface area contributed by atoms with Gasteiger partial charge in [0.1, 0.15) is 11.6 Å². The minimum absolute atomic E-state index is 0.00349. The van der Waals surface area contributed by atoms with E-state index >= 15 is 0 Å². The number of aliphatic carboxylic acids is 1. The van der Waals surface area contributed by atoms with Gasteiger partial charge in [-0.2, -0.15) is 13.2 Å². The van der Waals surface area contributed by atoms with Crippen LogP contribution in [0, 0.1) is 11.2 Å². The van der Waals surface area contributed by atoms with E-state index in [-0.39, 0.29) is 11.3 Å². The predicted octanol–water partition coefficient (Wildman–Crippen LogP) is 2.31. The van der Waals surface area contributed by atoms with E-state index in [9.17, 15) is 27.2 Å². The van der Waals surface area contributed by atoms with Gasteiger partial charge in [-0.1, -0.05) is 0 Å². The molecule has 0 aromatic heterocycles. The van der Waals surface area contributed by atoms with Crippen molar-refractivity contribution in [3.8, 4) is 5.75 Å². The fourth-order valence-electron chi connectivity index (χ4n) is 2.53. The van der Waals surface area contributed by atoms with E-state index in [2.05, 4.69) is 0 Å². The van der Waals surface area contributed by atoms with E-state index in [0.717, 1.165) is 17.0 Å². The molecule has 1 aliphatic heterocycles. The third kappa shape index (κ3) is 2.82. The molecule has 1 fully saturated rings. The smallest absolute Gasteiger partial charge is 0.406 e. The number of likely N-dealkylation sites (tertiary alicyclic amines) is 1. The Morgan fingerprint density at radius 1 is 1.35 bits per heavy atom. The number of ether oxygens (including phenoxy) is 1. The Morgan fingerprint density at radius 2 is 2.00 bits per heavy atom. The van der Waals surface area contributed by atoms with Crippen molar-refractivity contribution in [2.24, 2.45) is 5.41 Å². The number of hydrogen-bond donors (Lipinski definition) is 1. The average Bonchev–Trinajstić information content (AvgIpc) is 2.92. The van der Waals surface area contributed by atoms with Crippen molar-refractivity contribution in [3.05, 3.63) is 29.6 Å². The van der Waals surface area contributed by atoms with Gasteiger partial charge >= 0.3 is 12.1 Å². The molecule has 1 saturated heterocycles. The first-order chi connectivity index (χ1) is 10.6. The van der Waals surface area contributed by atoms with Crippen LogP contribution in [0.2, 0.25) is 0 Å². The van der Waals surface area contributed by atoms with Gasteiger partial charge in [0.15, 0.2) is 5.41 Å². The molecule has 1 heterocycles. The molecule has 1 aromatic carbocycles. The zero-order valence-electron chi connectivity index (χ0n) is 12.0. The molecule has 0 bridgehead atoms. The quantitative estimate of drug-likeness (QED) is 0.861. The number of carboxylic acids is 1. The van der Waals surface area contributed by atoms with Crippen molar-refractivity contribution in [2.45, 2.75) is 12.6 Å². The van der Waals surface area contributed by atoms with Crippen molar-refractivity contribution in [1.82, 2.24) is 4.90 Å². The molecule has 0 spiro atoms. The molecule has 5 nitrogen and oxygen atoms in total. The van der Waals surface area contributed by atoms with Crippen molar-refractivity contribution >= 4 is 11.9 Å². The second kappa shape index (κ2) is 5.71. The van der Waals surface area contributed by atoms with Gasteiger partial charge in [0.25, 0.3) is 5.91 Å². The number of amides is 1. The molecule has 1 aliphatic rings. The maximum Gasteiger partial charge on any atom is 0.406 e. The Hall–Kier alpha value is -2.32. The van der Waals surface area contributed by atoms with Gasteiger partial charge in [-0.3, -0.25) is 9.59 Å². The van der Waals surface area contributed by atoms with E-state index in [1.165, 1.54) is 13.2 Å². The van der Waals surface area contributed by atoms with Crippen LogP contribution < -0.4 is 4.74 Å². The predicted molar refractivity (Wildman–Crippen MR) is 69.6 cm³/mol. The van der Waals surface area contributed by atoms with Crippen LogP contribution in [0.25, 0.3) is 0 Å². The van der Waals surface area contributed by atoms with Crippen LogP contribution in [-0.2, 0) is 4.79 Å². The number of hydrogen-bond acceptors (Lipinski definition) is 3. The summed E-state index contributed by atoms with van der Waals surface area (Å²) in [5.74, 6) is -3.70. The van der Waals surface area contributed by atoms with Crippen LogP contribution in [-0.4, -0.2) is 48.3 Å². The Morgan fingerprint density at radius 3 is 2.48 bits per heavy atom. The summed E-state index contributed by atoms with van der Waals surface area (Å²) >= 11 is 0. The fourth-order valence-corrected chi connectivity index (χ4v) is 2.53. The third-order valence-electron chi connectivity index (χ3n) is 3.90. The number of carboxylic acid groups (broad SMARTS) is 1. The SMILES string of the molecule is COc1ccc(F)cc1C(=O)N1CCC(C(=O)O)(C(F)(F)F)C1. The van der Waals surface area contributed by atoms with Crippen LogP contribution in [0.5, 0.6) is 5.75 Å². The van der Waals surface area contributed by atoms with Crippen molar-refractivity contribution in [1.29, 1.82) is 0 Å². The lowest BCUT2D eigenvalue weighted by molar-refractivity contribution is -0.227. The van der Waals surface area contributed by atoms with E-state index < -0.39 is 48.8 Å². The number of halogens is 4. The number of methoxy groups -OCH3 is 1. The van der Waals surface area contributed by atoms with Crippen LogP contribution >= 0.6 is 0 Å². The molecule has 0 aliphatic carbocycles. The van der Waals surface area contributed by atoms with Crippen LogP contribution in [0.3, 0.4) is 0 Å². The van der Waals surface area contributed by atoms with Gasteiger partial charge in [0, 0.05) is 13.1 Å². The minimum Gasteiger partial charge on any atom is -0.496 e. The minimum atomic E-state index is -5.00. The summed E-state index contributed by atoms with van der Waals surface area (Å²) in [7, 11) is 1.23. The highest BCUT2D eigenvalue weighted by atomic mass is 19.4. The van der Waals surface area contributed by atoms with Gasteiger partial charge in [-0.15, -0.1) is 0 Å². The normalized spacial score (nSPS) is 21.3. The maximum absolute atomic E-state index is 13.3. The summed E-state index contributed by atoms with van der Waals surface area (Å²) in [5, 5.41) is 8.97. The van der Waals surface area contributed by atoms with E-state index in [1.54, 1.807) is 0 Å². The summed E-state index contributed by atoms with van der Waals surface area (Å²) in [4.78, 5) is 24.2. The Balaban J connectivity index is 2.33. The van der Waals surface area contributed by atoms with Crippen molar-refractivity contribution < 1.29 is 37.0 Å². The van der Waals surface area contributed by atoms with Crippen LogP contribution in [0.1, 0.15) is 16.8 Å². The average molecular weight is 335 g/mol. The highest BCUT2D eigenvalue weighted by molar-refractivity contribution is 5.97. The van der Waals surface area contributed by atoms with Crippen LogP contribution in [0.4, 0.5) is 17.6 Å². The monoisotopic (exact) mass is 335 g/mol. The van der Waals surface area contributed by atoms with E-state index in [0.29, 0.717) is 0 Å². The topological polar surface area (TPSA) is 66.8 Å². The molecule has 1 unspecified atom stereocenters. The lowest BCUT2D eigenvalue weighted by Gasteiger charge is -2.27. The summed E-state index contributed by atoms with van der Waals surface area (Å²) in [5.41, 5.74) is -3.26. The Bertz CT molecular complexity index is 646. The first kappa shape index (κ1) is 17.0. The summed E-state index contributed by atoms with van der Waals surface area (Å²) in [6.45, 7) is -1.42. The maximum atomic E-state index is 13.3. The second-order valence-electron chi connectivity index (χ2n) is 5.21. The molecule has 1 N–H and O–H groups in total. The molecule has 126 valence electrons. The molecule has 0 saturated carbocycles.